The van der Waals surface area contributed by atoms with Gasteiger partial charge in [-0.05, 0) is 36.2 Å². The highest BCUT2D eigenvalue weighted by atomic mass is 16.5. The lowest BCUT2D eigenvalue weighted by atomic mass is 9.99. The first kappa shape index (κ1) is 17.7. The first-order valence-electron chi connectivity index (χ1n) is 8.57. The second-order valence-corrected chi connectivity index (χ2v) is 6.13. The molecule has 0 aliphatic carbocycles. The number of phenols is 1. The third-order valence-corrected chi connectivity index (χ3v) is 4.11. The van der Waals surface area contributed by atoms with Gasteiger partial charge in [-0.25, -0.2) is 0 Å². The smallest absolute Gasteiger partial charge is 0.308 e. The number of ether oxygens (including phenoxy) is 1. The summed E-state index contributed by atoms with van der Waals surface area (Å²) in [5, 5.41) is 10.1. The number of aryl methyl sites for hydroxylation is 1. The molecule has 5 heteroatoms. The maximum atomic E-state index is 13.1. The zero-order chi connectivity index (χ0) is 18.7. The van der Waals surface area contributed by atoms with Gasteiger partial charge in [0.2, 0.25) is 5.43 Å². The minimum absolute atomic E-state index is 0.0561. The lowest BCUT2D eigenvalue weighted by Gasteiger charge is -2.11. The van der Waals surface area contributed by atoms with Crippen molar-refractivity contribution >= 4 is 16.9 Å². The Kier molecular flexibility index (Phi) is 5.07. The lowest BCUT2D eigenvalue weighted by molar-refractivity contribution is -0.131. The van der Waals surface area contributed by atoms with Crippen molar-refractivity contribution in [2.75, 3.05) is 0 Å². The first-order chi connectivity index (χ1) is 12.5. The number of aromatic hydroxyl groups is 1. The average molecular weight is 352 g/mol. The molecule has 0 atom stereocenters. The second kappa shape index (κ2) is 7.44. The second-order valence-electron chi connectivity index (χ2n) is 6.13. The van der Waals surface area contributed by atoms with Crippen LogP contribution < -0.4 is 10.2 Å². The highest BCUT2D eigenvalue weighted by Crippen LogP contribution is 2.28. The van der Waals surface area contributed by atoms with Crippen LogP contribution in [0.3, 0.4) is 0 Å². The Morgan fingerprint density at radius 3 is 2.54 bits per heavy atom. The molecule has 0 saturated carbocycles. The summed E-state index contributed by atoms with van der Waals surface area (Å²) in [6.07, 6.45) is 2.47. The monoisotopic (exact) mass is 352 g/mol. The number of esters is 1. The van der Waals surface area contributed by atoms with Crippen LogP contribution in [0.4, 0.5) is 0 Å². The van der Waals surface area contributed by atoms with E-state index in [2.05, 4.69) is 6.92 Å². The average Bonchev–Trinajstić information content (AvgIpc) is 2.60. The molecule has 0 radical (unpaired) electrons. The zero-order valence-electron chi connectivity index (χ0n) is 14.7. The van der Waals surface area contributed by atoms with Gasteiger partial charge in [0.25, 0.3) is 0 Å². The summed E-state index contributed by atoms with van der Waals surface area (Å²) in [6.45, 7) is 3.41. The van der Waals surface area contributed by atoms with Gasteiger partial charge in [-0.1, -0.05) is 25.5 Å². The van der Waals surface area contributed by atoms with E-state index in [4.69, 9.17) is 9.15 Å². The summed E-state index contributed by atoms with van der Waals surface area (Å²) < 4.78 is 11.0. The Balaban J connectivity index is 2.16. The number of phenolic OH excluding ortho intramolecular Hbond substituents is 1. The molecule has 0 spiro atoms. The molecular weight excluding hydrogens is 332 g/mol. The van der Waals surface area contributed by atoms with Crippen molar-refractivity contribution in [2.24, 2.45) is 0 Å². The molecule has 0 aliphatic heterocycles. The van der Waals surface area contributed by atoms with E-state index >= 15 is 0 Å². The Bertz CT molecular complexity index is 999. The fourth-order valence-electron chi connectivity index (χ4n) is 2.89. The summed E-state index contributed by atoms with van der Waals surface area (Å²) in [4.78, 5) is 24.1. The molecule has 0 amide bonds. The zero-order valence-corrected chi connectivity index (χ0v) is 14.7. The van der Waals surface area contributed by atoms with Gasteiger partial charge in [0.1, 0.15) is 22.8 Å². The van der Waals surface area contributed by atoms with Crippen molar-refractivity contribution in [3.63, 3.8) is 0 Å². The van der Waals surface area contributed by atoms with E-state index < -0.39 is 5.97 Å². The van der Waals surface area contributed by atoms with Crippen LogP contribution in [0.5, 0.6) is 11.5 Å². The molecule has 1 N–H and O–H groups in total. The highest BCUT2D eigenvalue weighted by molar-refractivity contribution is 5.84. The minimum Gasteiger partial charge on any atom is -0.508 e. The Hall–Kier alpha value is -3.08. The van der Waals surface area contributed by atoms with Crippen LogP contribution >= 0.6 is 0 Å². The standard InChI is InChI=1S/C21H20O5/c1-3-4-5-18-20(14-6-9-16(10-7-14)25-13(2)22)21(24)17-11-8-15(23)12-19(17)26-18/h6-12,23H,3-5H2,1-2H3. The molecule has 0 bridgehead atoms. The van der Waals surface area contributed by atoms with Crippen LogP contribution in [0.1, 0.15) is 32.4 Å². The van der Waals surface area contributed by atoms with E-state index in [1.54, 1.807) is 30.3 Å². The first-order valence-corrected chi connectivity index (χ1v) is 8.57. The van der Waals surface area contributed by atoms with Crippen LogP contribution in [0.25, 0.3) is 22.1 Å². The third kappa shape index (κ3) is 3.61. The molecule has 134 valence electrons. The Morgan fingerprint density at radius 2 is 1.88 bits per heavy atom. The van der Waals surface area contributed by atoms with Crippen LogP contribution in [-0.4, -0.2) is 11.1 Å². The predicted octanol–water partition coefficient (Wildman–Crippen LogP) is 4.43. The maximum Gasteiger partial charge on any atom is 0.308 e. The largest absolute Gasteiger partial charge is 0.508 e. The van der Waals surface area contributed by atoms with Crippen molar-refractivity contribution in [2.45, 2.75) is 33.1 Å². The van der Waals surface area contributed by atoms with Crippen LogP contribution in [0.15, 0.2) is 51.7 Å². The highest BCUT2D eigenvalue weighted by Gasteiger charge is 2.16. The SMILES string of the molecule is CCCCc1oc2cc(O)ccc2c(=O)c1-c1ccc(OC(C)=O)cc1. The number of hydrogen-bond donors (Lipinski definition) is 1. The van der Waals surface area contributed by atoms with Gasteiger partial charge in [-0.3, -0.25) is 9.59 Å². The topological polar surface area (TPSA) is 76.7 Å². The summed E-state index contributed by atoms with van der Waals surface area (Å²) in [5.41, 5.74) is 1.45. The molecule has 3 rings (SSSR count). The fraction of sp³-hybridized carbons (Fsp3) is 0.238. The van der Waals surface area contributed by atoms with Crippen LogP contribution in [0, 0.1) is 0 Å². The molecule has 26 heavy (non-hydrogen) atoms. The molecule has 2 aromatic carbocycles. The van der Waals surface area contributed by atoms with E-state index in [-0.39, 0.29) is 11.2 Å². The number of fused-ring (bicyclic) bond motifs is 1. The molecule has 0 aliphatic rings. The molecule has 0 saturated heterocycles. The van der Waals surface area contributed by atoms with Gasteiger partial charge in [0, 0.05) is 19.4 Å². The van der Waals surface area contributed by atoms with Crippen molar-refractivity contribution in [3.8, 4) is 22.6 Å². The van der Waals surface area contributed by atoms with Crippen LogP contribution in [0.2, 0.25) is 0 Å². The number of carbonyl (C=O) groups excluding carboxylic acids is 1. The molecular formula is C21H20O5. The van der Waals surface area contributed by atoms with Crippen molar-refractivity contribution in [1.82, 2.24) is 0 Å². The van der Waals surface area contributed by atoms with Crippen LogP contribution in [-0.2, 0) is 11.2 Å². The fourth-order valence-corrected chi connectivity index (χ4v) is 2.89. The van der Waals surface area contributed by atoms with Gasteiger partial charge in [0.15, 0.2) is 0 Å². The Morgan fingerprint density at radius 1 is 1.15 bits per heavy atom. The molecule has 3 aromatic rings. The van der Waals surface area contributed by atoms with E-state index in [0.717, 1.165) is 12.8 Å². The van der Waals surface area contributed by atoms with Gasteiger partial charge in [-0.15, -0.1) is 0 Å². The summed E-state index contributed by atoms with van der Waals surface area (Å²) >= 11 is 0. The predicted molar refractivity (Wildman–Crippen MR) is 99.5 cm³/mol. The van der Waals surface area contributed by atoms with Gasteiger partial charge in [-0.2, -0.15) is 0 Å². The molecule has 1 heterocycles. The molecule has 0 unspecified atom stereocenters. The van der Waals surface area contributed by atoms with Crippen molar-refractivity contribution in [1.29, 1.82) is 0 Å². The number of hydrogen-bond acceptors (Lipinski definition) is 5. The van der Waals surface area contributed by atoms with Crippen molar-refractivity contribution < 1.29 is 19.1 Å². The third-order valence-electron chi connectivity index (χ3n) is 4.11. The van der Waals surface area contributed by atoms with Gasteiger partial charge >= 0.3 is 5.97 Å². The number of benzene rings is 2. The normalized spacial score (nSPS) is 10.8. The maximum absolute atomic E-state index is 13.1. The van der Waals surface area contributed by atoms with E-state index in [1.807, 2.05) is 0 Å². The Labute approximate surface area is 150 Å². The van der Waals surface area contributed by atoms with Gasteiger partial charge in [0.05, 0.1) is 10.9 Å². The lowest BCUT2D eigenvalue weighted by Crippen LogP contribution is -2.09. The number of carbonyl (C=O) groups is 1. The van der Waals surface area contributed by atoms with E-state index in [9.17, 15) is 14.7 Å². The quantitative estimate of drug-likeness (QED) is 0.543. The molecule has 1 aromatic heterocycles. The number of unbranched alkanes of at least 4 members (excludes halogenated alkanes) is 1. The van der Waals surface area contributed by atoms with E-state index in [0.29, 0.717) is 40.0 Å². The van der Waals surface area contributed by atoms with Gasteiger partial charge < -0.3 is 14.3 Å². The van der Waals surface area contributed by atoms with E-state index in [1.165, 1.54) is 19.1 Å². The minimum atomic E-state index is -0.397. The summed E-state index contributed by atoms with van der Waals surface area (Å²) in [6, 6.07) is 11.3. The van der Waals surface area contributed by atoms with Crippen molar-refractivity contribution in [3.05, 3.63) is 58.4 Å². The summed E-state index contributed by atoms with van der Waals surface area (Å²) in [7, 11) is 0. The molecule has 5 nitrogen and oxygen atoms in total. The molecule has 0 fully saturated rings. The summed E-state index contributed by atoms with van der Waals surface area (Å²) in [5.74, 6) is 0.675. The number of rotatable bonds is 5.